The summed E-state index contributed by atoms with van der Waals surface area (Å²) in [6.07, 6.45) is 5.94. The van der Waals surface area contributed by atoms with Gasteiger partial charge in [-0.05, 0) is 47.8 Å². The van der Waals surface area contributed by atoms with Gasteiger partial charge in [0, 0.05) is 35.8 Å². The topological polar surface area (TPSA) is 45.5 Å². The number of piperidine rings is 1. The van der Waals surface area contributed by atoms with Crippen LogP contribution in [-0.4, -0.2) is 51.8 Å². The van der Waals surface area contributed by atoms with Gasteiger partial charge in [-0.25, -0.2) is 9.37 Å². The zero-order valence-corrected chi connectivity index (χ0v) is 18.5. The summed E-state index contributed by atoms with van der Waals surface area (Å²) in [6, 6.07) is 9.74. The summed E-state index contributed by atoms with van der Waals surface area (Å²) in [5, 5.41) is 8.56. The van der Waals surface area contributed by atoms with Crippen LogP contribution in [0, 0.1) is 0 Å². The first-order valence-electron chi connectivity index (χ1n) is 10.0. The number of halogens is 3. The highest BCUT2D eigenvalue weighted by molar-refractivity contribution is 9.10. The van der Waals surface area contributed by atoms with Crippen molar-refractivity contribution in [3.63, 3.8) is 0 Å². The number of likely N-dealkylation sites (tertiary alicyclic amines) is 1. The molecular weight excluding hydrogens is 457 g/mol. The fourth-order valence-electron chi connectivity index (χ4n) is 3.90. The molecule has 1 N–H and O–H groups in total. The van der Waals surface area contributed by atoms with Crippen molar-refractivity contribution in [3.05, 3.63) is 46.0 Å². The largest absolute Gasteiger partial charge is 0.370 e. The molecule has 0 aliphatic carbocycles. The number of nitrogens with zero attached hydrogens (tertiary/aromatic N) is 4. The third kappa shape index (κ3) is 4.57. The summed E-state index contributed by atoms with van der Waals surface area (Å²) in [5.41, 5.74) is 2.41. The van der Waals surface area contributed by atoms with Crippen molar-refractivity contribution in [3.8, 4) is 11.3 Å². The van der Waals surface area contributed by atoms with Crippen molar-refractivity contribution >= 4 is 39.0 Å². The van der Waals surface area contributed by atoms with E-state index in [0.29, 0.717) is 5.02 Å². The molecule has 4 rings (SSSR count). The third-order valence-corrected chi connectivity index (χ3v) is 6.32. The van der Waals surface area contributed by atoms with Gasteiger partial charge >= 0.3 is 0 Å². The van der Waals surface area contributed by atoms with Crippen LogP contribution in [0.3, 0.4) is 0 Å². The molecule has 1 aliphatic heterocycles. The van der Waals surface area contributed by atoms with E-state index in [1.54, 1.807) is 10.7 Å². The minimum absolute atomic E-state index is 0.0882. The van der Waals surface area contributed by atoms with Crippen LogP contribution in [0.25, 0.3) is 16.9 Å². The van der Waals surface area contributed by atoms with E-state index in [9.17, 15) is 4.39 Å². The molecule has 29 heavy (non-hydrogen) atoms. The number of aromatic nitrogens is 3. The van der Waals surface area contributed by atoms with Crippen molar-refractivity contribution in [2.75, 3.05) is 31.6 Å². The van der Waals surface area contributed by atoms with E-state index in [0.717, 1.165) is 72.5 Å². The van der Waals surface area contributed by atoms with Crippen LogP contribution < -0.4 is 5.32 Å². The number of hydrogen-bond acceptors (Lipinski definition) is 4. The molecule has 2 aromatic heterocycles. The van der Waals surface area contributed by atoms with Gasteiger partial charge in [0.15, 0.2) is 5.65 Å². The molecule has 0 amide bonds. The molecule has 0 radical (unpaired) electrons. The van der Waals surface area contributed by atoms with Crippen LogP contribution in [0.2, 0.25) is 5.02 Å². The first kappa shape index (κ1) is 20.6. The normalized spacial score (nSPS) is 17.7. The van der Waals surface area contributed by atoms with Crippen molar-refractivity contribution in [1.29, 1.82) is 0 Å². The highest BCUT2D eigenvalue weighted by Gasteiger charge is 2.21. The molecule has 1 unspecified atom stereocenters. The lowest BCUT2D eigenvalue weighted by atomic mass is 10.0. The summed E-state index contributed by atoms with van der Waals surface area (Å²) >= 11 is 9.91. The van der Waals surface area contributed by atoms with Gasteiger partial charge in [-0.1, -0.05) is 36.2 Å². The Bertz CT molecular complexity index is 979. The van der Waals surface area contributed by atoms with E-state index < -0.39 is 0 Å². The molecule has 0 saturated carbocycles. The second-order valence-electron chi connectivity index (χ2n) is 7.35. The third-order valence-electron chi connectivity index (χ3n) is 5.43. The van der Waals surface area contributed by atoms with Crippen LogP contribution in [0.1, 0.15) is 25.7 Å². The molecule has 0 spiro atoms. The SMILES string of the molecule is FCC1CCCCN1CCCNc1cc(-c2ccccc2Cl)nc2c(Br)cnn12. The zero-order chi connectivity index (χ0) is 20.2. The number of nitrogens with one attached hydrogen (secondary N) is 1. The minimum atomic E-state index is -0.249. The van der Waals surface area contributed by atoms with E-state index in [1.165, 1.54) is 0 Å². The van der Waals surface area contributed by atoms with E-state index in [-0.39, 0.29) is 12.7 Å². The maximum atomic E-state index is 13.2. The molecule has 1 atom stereocenters. The van der Waals surface area contributed by atoms with Crippen LogP contribution in [0.15, 0.2) is 41.0 Å². The highest BCUT2D eigenvalue weighted by atomic mass is 79.9. The van der Waals surface area contributed by atoms with E-state index in [1.807, 2.05) is 30.3 Å². The van der Waals surface area contributed by atoms with Gasteiger partial charge in [0.05, 0.1) is 16.4 Å². The molecule has 1 saturated heterocycles. The van der Waals surface area contributed by atoms with E-state index in [4.69, 9.17) is 16.6 Å². The Balaban J connectivity index is 1.50. The van der Waals surface area contributed by atoms with E-state index >= 15 is 0 Å². The Kier molecular flexibility index (Phi) is 6.67. The molecule has 154 valence electrons. The second kappa shape index (κ2) is 9.41. The Morgan fingerprint density at radius 2 is 2.14 bits per heavy atom. The summed E-state index contributed by atoms with van der Waals surface area (Å²) in [7, 11) is 0. The van der Waals surface area contributed by atoms with Crippen LogP contribution in [0.5, 0.6) is 0 Å². The lowest BCUT2D eigenvalue weighted by molar-refractivity contribution is 0.123. The number of benzene rings is 1. The maximum absolute atomic E-state index is 13.2. The smallest absolute Gasteiger partial charge is 0.172 e. The quantitative estimate of drug-likeness (QED) is 0.458. The van der Waals surface area contributed by atoms with Crippen molar-refractivity contribution in [1.82, 2.24) is 19.5 Å². The molecule has 8 heteroatoms. The fraction of sp³-hybridized carbons (Fsp3) is 0.429. The standard InChI is InChI=1S/C21H24BrClFN5/c22-17-14-26-29-20(25-9-5-11-28-10-4-3-6-15(28)13-24)12-19(27-21(17)29)16-7-1-2-8-18(16)23/h1-2,7-8,12,14-15,25H,3-6,9-11,13H2. The van der Waals surface area contributed by atoms with Crippen LogP contribution >= 0.6 is 27.5 Å². The van der Waals surface area contributed by atoms with Crippen molar-refractivity contribution in [2.45, 2.75) is 31.7 Å². The first-order valence-corrected chi connectivity index (χ1v) is 11.2. The van der Waals surface area contributed by atoms with E-state index in [2.05, 4.69) is 31.2 Å². The van der Waals surface area contributed by atoms with Gasteiger partial charge in [-0.2, -0.15) is 9.61 Å². The Hall–Kier alpha value is -1.70. The first-order chi connectivity index (χ1) is 14.2. The average molecular weight is 481 g/mol. The summed E-state index contributed by atoms with van der Waals surface area (Å²) < 4.78 is 15.8. The van der Waals surface area contributed by atoms with Gasteiger partial charge in [0.25, 0.3) is 0 Å². The van der Waals surface area contributed by atoms with Gasteiger partial charge in [0.1, 0.15) is 12.5 Å². The number of rotatable bonds is 7. The Morgan fingerprint density at radius 3 is 2.97 bits per heavy atom. The Labute approximate surface area is 183 Å². The fourth-order valence-corrected chi connectivity index (χ4v) is 4.48. The minimum Gasteiger partial charge on any atom is -0.370 e. The molecule has 3 aromatic rings. The lowest BCUT2D eigenvalue weighted by Gasteiger charge is -2.34. The monoisotopic (exact) mass is 479 g/mol. The Morgan fingerprint density at radius 1 is 1.28 bits per heavy atom. The van der Waals surface area contributed by atoms with Crippen molar-refractivity contribution in [2.24, 2.45) is 0 Å². The molecule has 3 heterocycles. The zero-order valence-electron chi connectivity index (χ0n) is 16.1. The molecule has 1 fully saturated rings. The number of anilines is 1. The summed E-state index contributed by atoms with van der Waals surface area (Å²) in [4.78, 5) is 7.01. The van der Waals surface area contributed by atoms with Crippen LogP contribution in [-0.2, 0) is 0 Å². The van der Waals surface area contributed by atoms with Gasteiger partial charge in [-0.15, -0.1) is 0 Å². The molecule has 0 bridgehead atoms. The van der Waals surface area contributed by atoms with Crippen LogP contribution in [0.4, 0.5) is 10.2 Å². The van der Waals surface area contributed by atoms with Gasteiger partial charge in [-0.3, -0.25) is 4.90 Å². The second-order valence-corrected chi connectivity index (χ2v) is 8.62. The number of fused-ring (bicyclic) bond motifs is 1. The molecule has 1 aliphatic rings. The molecule has 5 nitrogen and oxygen atoms in total. The van der Waals surface area contributed by atoms with Gasteiger partial charge in [0.2, 0.25) is 0 Å². The number of hydrogen-bond donors (Lipinski definition) is 1. The average Bonchev–Trinajstić information content (AvgIpc) is 3.12. The number of alkyl halides is 1. The predicted octanol–water partition coefficient (Wildman–Crippen LogP) is 5.44. The van der Waals surface area contributed by atoms with Crippen molar-refractivity contribution < 1.29 is 4.39 Å². The highest BCUT2D eigenvalue weighted by Crippen LogP contribution is 2.30. The molecular formula is C21H24BrClFN5. The summed E-state index contributed by atoms with van der Waals surface area (Å²) in [5.74, 6) is 0.858. The maximum Gasteiger partial charge on any atom is 0.172 e. The lowest BCUT2D eigenvalue weighted by Crippen LogP contribution is -2.41. The van der Waals surface area contributed by atoms with Gasteiger partial charge < -0.3 is 5.32 Å². The summed E-state index contributed by atoms with van der Waals surface area (Å²) in [6.45, 7) is 2.42. The molecule has 1 aromatic carbocycles. The predicted molar refractivity (Wildman–Crippen MR) is 119 cm³/mol.